The van der Waals surface area contributed by atoms with Crippen LogP contribution in [0.2, 0.25) is 0 Å². The monoisotopic (exact) mass is 756 g/mol. The second-order valence-corrected chi connectivity index (χ2v) is 17.6. The minimum absolute atomic E-state index is 0.211. The van der Waals surface area contributed by atoms with Gasteiger partial charge in [0.2, 0.25) is 0 Å². The summed E-state index contributed by atoms with van der Waals surface area (Å²) in [6.07, 6.45) is 0. The van der Waals surface area contributed by atoms with Crippen LogP contribution in [0.4, 0.5) is 17.1 Å². The topological polar surface area (TPSA) is 8.17 Å². The van der Waals surface area contributed by atoms with Crippen LogP contribution >= 0.6 is 11.8 Å². The highest BCUT2D eigenvalue weighted by atomic mass is 32.2. The highest BCUT2D eigenvalue weighted by Gasteiger charge is 2.37. The van der Waals surface area contributed by atoms with Crippen molar-refractivity contribution in [3.8, 4) is 16.8 Å². The van der Waals surface area contributed by atoms with Crippen molar-refractivity contribution in [3.63, 3.8) is 0 Å². The summed E-state index contributed by atoms with van der Waals surface area (Å²) in [7, 11) is 0. The van der Waals surface area contributed by atoms with Gasteiger partial charge < -0.3 is 9.47 Å². The van der Waals surface area contributed by atoms with E-state index in [0.29, 0.717) is 0 Å². The van der Waals surface area contributed by atoms with Gasteiger partial charge in [-0.05, 0) is 138 Å². The predicted octanol–water partition coefficient (Wildman–Crippen LogP) is 15.6. The fraction of sp³-hybridized carbons (Fsp3) is 0.0545. The molecule has 2 nitrogen and oxygen atoms in total. The van der Waals surface area contributed by atoms with Gasteiger partial charge in [-0.25, -0.2) is 0 Å². The lowest BCUT2D eigenvalue weighted by atomic mass is 9.80. The first-order valence-electron chi connectivity index (χ1n) is 20.2. The molecule has 58 heavy (non-hydrogen) atoms. The molecule has 0 fully saturated rings. The van der Waals surface area contributed by atoms with Crippen LogP contribution in [-0.4, -0.2) is 4.57 Å². The summed E-state index contributed by atoms with van der Waals surface area (Å²) < 4.78 is 2.49. The van der Waals surface area contributed by atoms with Crippen molar-refractivity contribution in [1.29, 1.82) is 0 Å². The highest BCUT2D eigenvalue weighted by Crippen LogP contribution is 2.55. The Bertz CT molecular complexity index is 3530. The summed E-state index contributed by atoms with van der Waals surface area (Å²) in [5, 5.41) is 13.1. The van der Waals surface area contributed by atoms with Crippen molar-refractivity contribution in [2.45, 2.75) is 29.1 Å². The fourth-order valence-electron chi connectivity index (χ4n) is 10.4. The number of para-hydroxylation sites is 3. The minimum atomic E-state index is -0.211. The number of fused-ring (bicyclic) bond motifs is 16. The number of hydrogen-bond acceptors (Lipinski definition) is 2. The van der Waals surface area contributed by atoms with Crippen LogP contribution in [0.1, 0.15) is 25.0 Å². The molecule has 1 aromatic heterocycles. The lowest BCUT2D eigenvalue weighted by Crippen LogP contribution is -2.15. The number of hydrogen-bond donors (Lipinski definition) is 0. The van der Waals surface area contributed by atoms with Crippen molar-refractivity contribution >= 4 is 93.7 Å². The van der Waals surface area contributed by atoms with E-state index in [2.05, 4.69) is 205 Å². The lowest BCUT2D eigenvalue weighted by molar-refractivity contribution is 0.662. The summed E-state index contributed by atoms with van der Waals surface area (Å²) >= 11 is 1.85. The van der Waals surface area contributed by atoms with Gasteiger partial charge in [0, 0.05) is 37.4 Å². The predicted molar refractivity (Wildman–Crippen MR) is 247 cm³/mol. The molecule has 1 aliphatic heterocycles. The number of benzene rings is 10. The van der Waals surface area contributed by atoms with E-state index < -0.39 is 0 Å². The van der Waals surface area contributed by atoms with Crippen molar-refractivity contribution in [2.24, 2.45) is 0 Å². The van der Waals surface area contributed by atoms with Crippen molar-refractivity contribution in [1.82, 2.24) is 4.57 Å². The molecule has 0 N–H and O–H groups in total. The Morgan fingerprint density at radius 3 is 1.74 bits per heavy atom. The maximum absolute atomic E-state index is 2.54. The minimum Gasteiger partial charge on any atom is -0.309 e. The average Bonchev–Trinajstić information content (AvgIpc) is 3.70. The van der Waals surface area contributed by atoms with E-state index in [1.165, 1.54) is 114 Å². The van der Waals surface area contributed by atoms with E-state index in [1.807, 2.05) is 11.8 Å². The molecule has 0 saturated heterocycles. The number of nitrogens with zero attached hydrogens (tertiary/aromatic N) is 2. The Kier molecular flexibility index (Phi) is 6.48. The molecule has 272 valence electrons. The van der Waals surface area contributed by atoms with Gasteiger partial charge in [-0.3, -0.25) is 0 Å². The van der Waals surface area contributed by atoms with Crippen LogP contribution < -0.4 is 4.90 Å². The van der Waals surface area contributed by atoms with Crippen LogP contribution in [0.5, 0.6) is 0 Å². The van der Waals surface area contributed by atoms with Gasteiger partial charge in [0.05, 0.1) is 22.4 Å². The second kappa shape index (κ2) is 11.6. The Labute approximate surface area is 340 Å². The number of rotatable bonds is 2. The Morgan fingerprint density at radius 1 is 0.397 bits per heavy atom. The van der Waals surface area contributed by atoms with E-state index in [9.17, 15) is 0 Å². The molecule has 13 rings (SSSR count). The van der Waals surface area contributed by atoms with Crippen LogP contribution in [0, 0.1) is 0 Å². The van der Waals surface area contributed by atoms with Gasteiger partial charge in [-0.2, -0.15) is 0 Å². The molecular weight excluding hydrogens is 721 g/mol. The maximum atomic E-state index is 2.54. The third kappa shape index (κ3) is 4.29. The van der Waals surface area contributed by atoms with Crippen LogP contribution in [0.25, 0.3) is 81.7 Å². The van der Waals surface area contributed by atoms with Gasteiger partial charge in [0.1, 0.15) is 0 Å². The van der Waals surface area contributed by atoms with Crippen LogP contribution in [0.15, 0.2) is 192 Å². The maximum Gasteiger partial charge on any atom is 0.0601 e. The van der Waals surface area contributed by atoms with Crippen LogP contribution in [0.3, 0.4) is 0 Å². The van der Waals surface area contributed by atoms with E-state index in [-0.39, 0.29) is 5.41 Å². The second-order valence-electron chi connectivity index (χ2n) is 16.5. The molecular formula is C55H36N2S. The first-order valence-corrected chi connectivity index (χ1v) is 21.0. The summed E-state index contributed by atoms with van der Waals surface area (Å²) in [4.78, 5) is 4.97. The highest BCUT2D eigenvalue weighted by molar-refractivity contribution is 7.99. The normalized spacial score (nSPS) is 14.1. The van der Waals surface area contributed by atoms with Gasteiger partial charge in [-0.1, -0.05) is 135 Å². The third-order valence-electron chi connectivity index (χ3n) is 13.1. The van der Waals surface area contributed by atoms with Crippen LogP contribution in [-0.2, 0) is 5.41 Å². The van der Waals surface area contributed by atoms with E-state index in [1.54, 1.807) is 0 Å². The number of aromatic nitrogens is 1. The van der Waals surface area contributed by atoms with Crippen molar-refractivity contribution in [2.75, 3.05) is 4.90 Å². The zero-order valence-electron chi connectivity index (χ0n) is 32.1. The smallest absolute Gasteiger partial charge is 0.0601 e. The zero-order chi connectivity index (χ0) is 38.3. The fourth-order valence-corrected chi connectivity index (χ4v) is 11.5. The molecule has 2 aliphatic rings. The Balaban J connectivity index is 1.10. The van der Waals surface area contributed by atoms with Crippen molar-refractivity contribution < 1.29 is 0 Å². The third-order valence-corrected chi connectivity index (χ3v) is 14.2. The van der Waals surface area contributed by atoms with E-state index in [0.717, 1.165) is 5.69 Å². The molecule has 0 bridgehead atoms. The molecule has 0 atom stereocenters. The average molecular weight is 757 g/mol. The van der Waals surface area contributed by atoms with Gasteiger partial charge >= 0.3 is 0 Å². The molecule has 10 aromatic carbocycles. The van der Waals surface area contributed by atoms with E-state index in [4.69, 9.17) is 0 Å². The SMILES string of the molecule is CC1(C)c2cc3c(cc2-c2cc4c5ccc(N6c7ccccc7Sc7ccccc76)cc5n(-c5ccccc5)c4cc21)c1ccccc1c1ccc2ccccc2c13. The van der Waals surface area contributed by atoms with Gasteiger partial charge in [0.15, 0.2) is 0 Å². The molecule has 0 spiro atoms. The summed E-state index contributed by atoms with van der Waals surface area (Å²) in [6.45, 7) is 4.85. The Morgan fingerprint density at radius 2 is 0.983 bits per heavy atom. The molecule has 0 amide bonds. The first-order chi connectivity index (χ1) is 28.5. The van der Waals surface area contributed by atoms with Gasteiger partial charge in [-0.15, -0.1) is 0 Å². The molecule has 11 aromatic rings. The summed E-state index contributed by atoms with van der Waals surface area (Å²) in [5.74, 6) is 0. The number of anilines is 3. The first kappa shape index (κ1) is 32.3. The molecule has 1 aliphatic carbocycles. The van der Waals surface area contributed by atoms with E-state index >= 15 is 0 Å². The summed E-state index contributed by atoms with van der Waals surface area (Å²) in [5.41, 5.74) is 12.4. The molecule has 3 heteroatoms. The summed E-state index contributed by atoms with van der Waals surface area (Å²) in [6, 6.07) is 68.1. The molecule has 2 heterocycles. The zero-order valence-corrected chi connectivity index (χ0v) is 32.9. The molecule has 0 unspecified atom stereocenters. The Hall–Kier alpha value is -6.81. The standard InChI is InChI=1S/C55H36N2S/c1-55(2)46-31-45-41(38-19-9-8-18-37(38)40-26-24-33-14-6-7-17-36(33)54(40)45)29-42(46)43-30-44-39-27-25-35(28-50(39)56(51(44)32-47(43)55)34-15-4-3-5-16-34)57-48-20-10-12-22-52(48)58-53-23-13-11-21-49(53)57/h3-32H,1-2H3. The lowest BCUT2D eigenvalue weighted by Gasteiger charge is -2.32. The van der Waals surface area contributed by atoms with Gasteiger partial charge in [0.25, 0.3) is 0 Å². The largest absolute Gasteiger partial charge is 0.309 e. The molecule has 0 radical (unpaired) electrons. The molecule has 0 saturated carbocycles. The quantitative estimate of drug-likeness (QED) is 0.162. The van der Waals surface area contributed by atoms with Crippen molar-refractivity contribution in [3.05, 3.63) is 193 Å².